The molecule has 0 heterocycles. The van der Waals surface area contributed by atoms with E-state index < -0.39 is 5.97 Å². The molecular formula is C14H20O3. The molecule has 0 aliphatic heterocycles. The predicted octanol–water partition coefficient (Wildman–Crippen LogP) is 3.13. The lowest BCUT2D eigenvalue weighted by Gasteiger charge is -2.08. The maximum Gasteiger partial charge on any atom is 0.303 e. The van der Waals surface area contributed by atoms with Gasteiger partial charge in [-0.15, -0.1) is 0 Å². The third kappa shape index (κ3) is 5.95. The summed E-state index contributed by atoms with van der Waals surface area (Å²) in [6.07, 6.45) is 1.79. The normalized spacial score (nSPS) is 10.5. The topological polar surface area (TPSA) is 46.5 Å². The van der Waals surface area contributed by atoms with Gasteiger partial charge in [-0.3, -0.25) is 4.79 Å². The van der Waals surface area contributed by atoms with Gasteiger partial charge in [0, 0.05) is 6.42 Å². The molecule has 0 aliphatic carbocycles. The molecule has 0 radical (unpaired) electrons. The highest BCUT2D eigenvalue weighted by Gasteiger charge is 2.00. The summed E-state index contributed by atoms with van der Waals surface area (Å²) >= 11 is 0. The summed E-state index contributed by atoms with van der Waals surface area (Å²) in [5.74, 6) is 0.733. The third-order valence-corrected chi connectivity index (χ3v) is 2.51. The summed E-state index contributed by atoms with van der Waals surface area (Å²) in [5.41, 5.74) is 1.03. The molecule has 0 saturated heterocycles. The zero-order chi connectivity index (χ0) is 12.7. The number of benzene rings is 1. The Labute approximate surface area is 102 Å². The van der Waals surface area contributed by atoms with Crippen LogP contribution in [0.5, 0.6) is 5.75 Å². The summed E-state index contributed by atoms with van der Waals surface area (Å²) in [6, 6.07) is 7.65. The van der Waals surface area contributed by atoms with Crippen LogP contribution < -0.4 is 4.74 Å². The zero-order valence-electron chi connectivity index (χ0n) is 10.5. The molecule has 0 aromatic heterocycles. The van der Waals surface area contributed by atoms with E-state index in [-0.39, 0.29) is 6.42 Å². The lowest BCUT2D eigenvalue weighted by Crippen LogP contribution is -2.01. The van der Waals surface area contributed by atoms with Gasteiger partial charge in [0.1, 0.15) is 5.75 Å². The number of hydrogen-bond donors (Lipinski definition) is 1. The first-order valence-corrected chi connectivity index (χ1v) is 6.01. The minimum atomic E-state index is -0.762. The number of rotatable bonds is 7. The molecular weight excluding hydrogens is 216 g/mol. The van der Waals surface area contributed by atoms with Gasteiger partial charge in [-0.25, -0.2) is 0 Å². The van der Waals surface area contributed by atoms with Gasteiger partial charge in [-0.05, 0) is 36.5 Å². The van der Waals surface area contributed by atoms with Crippen molar-refractivity contribution < 1.29 is 14.6 Å². The smallest absolute Gasteiger partial charge is 0.303 e. The summed E-state index contributed by atoms with van der Waals surface area (Å²) in [6.45, 7) is 5.06. The SMILES string of the molecule is CC(C)CCOc1ccc(CCC(=O)O)cc1. The molecule has 0 bridgehead atoms. The molecule has 3 heteroatoms. The lowest BCUT2D eigenvalue weighted by molar-refractivity contribution is -0.136. The van der Waals surface area contributed by atoms with Gasteiger partial charge in [0.05, 0.1) is 6.61 Å². The number of ether oxygens (including phenoxy) is 1. The quantitative estimate of drug-likeness (QED) is 0.791. The van der Waals surface area contributed by atoms with Crippen molar-refractivity contribution in [3.63, 3.8) is 0 Å². The molecule has 0 saturated carbocycles. The van der Waals surface area contributed by atoms with Gasteiger partial charge in [-0.1, -0.05) is 26.0 Å². The average molecular weight is 236 g/mol. The van der Waals surface area contributed by atoms with E-state index in [1.54, 1.807) is 0 Å². The van der Waals surface area contributed by atoms with Crippen LogP contribution in [0.3, 0.4) is 0 Å². The van der Waals surface area contributed by atoms with E-state index in [0.717, 1.165) is 24.3 Å². The Morgan fingerprint density at radius 2 is 1.94 bits per heavy atom. The number of aliphatic carboxylic acids is 1. The minimum absolute atomic E-state index is 0.174. The lowest BCUT2D eigenvalue weighted by atomic mass is 10.1. The van der Waals surface area contributed by atoms with Gasteiger partial charge in [0.25, 0.3) is 0 Å². The molecule has 94 valence electrons. The van der Waals surface area contributed by atoms with Crippen molar-refractivity contribution in [1.82, 2.24) is 0 Å². The van der Waals surface area contributed by atoms with Gasteiger partial charge in [-0.2, -0.15) is 0 Å². The average Bonchev–Trinajstić information content (AvgIpc) is 2.27. The monoisotopic (exact) mass is 236 g/mol. The van der Waals surface area contributed by atoms with Gasteiger partial charge in [0.15, 0.2) is 0 Å². The molecule has 0 fully saturated rings. The summed E-state index contributed by atoms with van der Waals surface area (Å²) < 4.78 is 5.58. The van der Waals surface area contributed by atoms with Gasteiger partial charge >= 0.3 is 5.97 Å². The molecule has 3 nitrogen and oxygen atoms in total. The molecule has 1 rings (SSSR count). The van der Waals surface area contributed by atoms with Crippen LogP contribution in [0.1, 0.15) is 32.3 Å². The summed E-state index contributed by atoms with van der Waals surface area (Å²) in [7, 11) is 0. The summed E-state index contributed by atoms with van der Waals surface area (Å²) in [4.78, 5) is 10.4. The summed E-state index contributed by atoms with van der Waals surface area (Å²) in [5, 5.41) is 8.57. The number of carbonyl (C=O) groups is 1. The molecule has 0 spiro atoms. The molecule has 1 N–H and O–H groups in total. The number of hydrogen-bond acceptors (Lipinski definition) is 2. The Balaban J connectivity index is 2.36. The first-order chi connectivity index (χ1) is 8.08. The molecule has 0 amide bonds. The van der Waals surface area contributed by atoms with Gasteiger partial charge < -0.3 is 9.84 Å². The van der Waals surface area contributed by atoms with Crippen molar-refractivity contribution in [1.29, 1.82) is 0 Å². The molecule has 0 aliphatic rings. The first kappa shape index (κ1) is 13.6. The number of carboxylic acid groups (broad SMARTS) is 1. The van der Waals surface area contributed by atoms with E-state index in [1.165, 1.54) is 0 Å². The van der Waals surface area contributed by atoms with E-state index >= 15 is 0 Å². The second-order valence-electron chi connectivity index (χ2n) is 4.57. The number of aryl methyl sites for hydroxylation is 1. The second kappa shape index (κ2) is 6.94. The van der Waals surface area contributed by atoms with Crippen LogP contribution in [0.4, 0.5) is 0 Å². The molecule has 1 aromatic rings. The Morgan fingerprint density at radius 3 is 2.47 bits per heavy atom. The second-order valence-corrected chi connectivity index (χ2v) is 4.57. The number of carboxylic acids is 1. The fourth-order valence-corrected chi connectivity index (χ4v) is 1.42. The minimum Gasteiger partial charge on any atom is -0.494 e. The van der Waals surface area contributed by atoms with E-state index in [9.17, 15) is 4.79 Å². The Kier molecular flexibility index (Phi) is 5.53. The van der Waals surface area contributed by atoms with Crippen LogP contribution >= 0.6 is 0 Å². The highest BCUT2D eigenvalue weighted by Crippen LogP contribution is 2.14. The van der Waals surface area contributed by atoms with Crippen molar-refractivity contribution >= 4 is 5.97 Å². The van der Waals surface area contributed by atoms with Crippen molar-refractivity contribution in [2.75, 3.05) is 6.61 Å². The van der Waals surface area contributed by atoms with E-state index in [4.69, 9.17) is 9.84 Å². The van der Waals surface area contributed by atoms with Crippen LogP contribution in [-0.2, 0) is 11.2 Å². The standard InChI is InChI=1S/C14H20O3/c1-11(2)9-10-17-13-6-3-12(4-7-13)5-8-14(15)16/h3-4,6-7,11H,5,8-10H2,1-2H3,(H,15,16). The van der Waals surface area contributed by atoms with Crippen LogP contribution in [0.2, 0.25) is 0 Å². The fourth-order valence-electron chi connectivity index (χ4n) is 1.42. The fraction of sp³-hybridized carbons (Fsp3) is 0.500. The Morgan fingerprint density at radius 1 is 1.29 bits per heavy atom. The van der Waals surface area contributed by atoms with Crippen LogP contribution in [-0.4, -0.2) is 17.7 Å². The van der Waals surface area contributed by atoms with E-state index in [0.29, 0.717) is 12.3 Å². The Hall–Kier alpha value is -1.51. The van der Waals surface area contributed by atoms with Crippen molar-refractivity contribution in [3.05, 3.63) is 29.8 Å². The van der Waals surface area contributed by atoms with Crippen LogP contribution in [0, 0.1) is 5.92 Å². The molecule has 0 atom stereocenters. The third-order valence-electron chi connectivity index (χ3n) is 2.51. The van der Waals surface area contributed by atoms with Crippen molar-refractivity contribution in [3.8, 4) is 5.75 Å². The highest BCUT2D eigenvalue weighted by atomic mass is 16.5. The maximum absolute atomic E-state index is 10.4. The van der Waals surface area contributed by atoms with Crippen LogP contribution in [0.15, 0.2) is 24.3 Å². The predicted molar refractivity (Wildman–Crippen MR) is 67.3 cm³/mol. The van der Waals surface area contributed by atoms with Crippen molar-refractivity contribution in [2.24, 2.45) is 5.92 Å². The van der Waals surface area contributed by atoms with E-state index in [2.05, 4.69) is 13.8 Å². The maximum atomic E-state index is 10.4. The largest absolute Gasteiger partial charge is 0.494 e. The van der Waals surface area contributed by atoms with Crippen molar-refractivity contribution in [2.45, 2.75) is 33.1 Å². The first-order valence-electron chi connectivity index (χ1n) is 6.01. The zero-order valence-corrected chi connectivity index (χ0v) is 10.5. The highest BCUT2D eigenvalue weighted by molar-refractivity contribution is 5.67. The van der Waals surface area contributed by atoms with Gasteiger partial charge in [0.2, 0.25) is 0 Å². The van der Waals surface area contributed by atoms with Crippen LogP contribution in [0.25, 0.3) is 0 Å². The molecule has 1 aromatic carbocycles. The van der Waals surface area contributed by atoms with E-state index in [1.807, 2.05) is 24.3 Å². The Bertz CT molecular complexity index is 341. The molecule has 0 unspecified atom stereocenters. The molecule has 17 heavy (non-hydrogen) atoms.